The van der Waals surface area contributed by atoms with Crippen LogP contribution in [0.3, 0.4) is 0 Å². The van der Waals surface area contributed by atoms with Crippen molar-refractivity contribution in [3.05, 3.63) is 0 Å². The van der Waals surface area contributed by atoms with Gasteiger partial charge in [-0.2, -0.15) is 42.1 Å². The van der Waals surface area contributed by atoms with Crippen LogP contribution < -0.4 is 0 Å². The van der Waals surface area contributed by atoms with Gasteiger partial charge in [0.25, 0.3) is 0 Å². The molecule has 0 aliphatic carbocycles. The van der Waals surface area contributed by atoms with Crippen LogP contribution in [-0.4, -0.2) is 376 Å². The molecule has 18 N–H and O–H groups in total. The van der Waals surface area contributed by atoms with Gasteiger partial charge >= 0.3 is 52.0 Å². The van der Waals surface area contributed by atoms with E-state index < -0.39 is 314 Å². The average molecular weight is 1530 g/mol. The number of rotatable bonds is 32. The molecule has 0 aromatic heterocycles. The van der Waals surface area contributed by atoms with E-state index in [2.05, 4.69) is 16.7 Å². The van der Waals surface area contributed by atoms with E-state index in [0.717, 1.165) is 0 Å². The van der Waals surface area contributed by atoms with E-state index in [0.29, 0.717) is 0 Å². The Morgan fingerprint density at radius 2 is 0.542 bits per heavy atom. The first-order valence-electron chi connectivity index (χ1n) is 28.0. The van der Waals surface area contributed by atoms with E-state index in [4.69, 9.17) is 74.5 Å². The molecule has 0 spiro atoms. The van der Waals surface area contributed by atoms with E-state index in [9.17, 15) is 122 Å². The zero-order valence-corrected chi connectivity index (χ0v) is 53.8. The Bertz CT molecular complexity index is 2940. The van der Waals surface area contributed by atoms with Crippen molar-refractivity contribution < 1.29 is 218 Å². The molecule has 6 aliphatic heterocycles. The lowest BCUT2D eigenvalue weighted by Crippen LogP contribution is -2.62. The summed E-state index contributed by atoms with van der Waals surface area (Å²) in [5.74, 6) is -4.36. The lowest BCUT2D eigenvalue weighted by molar-refractivity contribution is -0.283. The van der Waals surface area contributed by atoms with Crippen LogP contribution in [0.25, 0.3) is 0 Å². The number of ether oxygens (including phenoxy) is 11. The molecule has 570 valence electrons. The van der Waals surface area contributed by atoms with Crippen LogP contribution in [0.5, 0.6) is 0 Å². The smallest absolute Gasteiger partial charge is 0.394 e. The summed E-state index contributed by atoms with van der Waals surface area (Å²) >= 11 is 0. The maximum Gasteiger partial charge on any atom is 0.397 e. The van der Waals surface area contributed by atoms with Gasteiger partial charge in [0.05, 0.1) is 110 Å². The van der Waals surface area contributed by atoms with Crippen LogP contribution in [0.2, 0.25) is 0 Å². The van der Waals surface area contributed by atoms with Gasteiger partial charge in [-0.1, -0.05) is 0 Å². The summed E-state index contributed by atoms with van der Waals surface area (Å²) in [4.78, 5) is 0. The normalized spacial score (nSPS) is 41.4. The highest BCUT2D eigenvalue weighted by Crippen LogP contribution is 2.36. The average Bonchev–Trinajstić information content (AvgIpc) is 0.825. The van der Waals surface area contributed by atoms with Crippen LogP contribution in [0.4, 0.5) is 13.9 Å². The van der Waals surface area contributed by atoms with Crippen molar-refractivity contribution in [3.8, 4) is 0 Å². The predicted molar refractivity (Wildman–Crippen MR) is 291 cm³/mol. The van der Waals surface area contributed by atoms with Gasteiger partial charge in [0.15, 0.2) is 6.29 Å². The molecule has 6 saturated heterocycles. The number of aliphatic hydroxyl groups is 13. The van der Waals surface area contributed by atoms with Crippen LogP contribution >= 0.6 is 0 Å². The maximum atomic E-state index is 12.1. The molecule has 6 rings (SSSR count). The molecule has 13 unspecified atom stereocenters. The van der Waals surface area contributed by atoms with Gasteiger partial charge in [-0.3, -0.25) is 27.5 Å². The topological polar surface area (TPSA) is 683 Å². The van der Waals surface area contributed by atoms with Gasteiger partial charge in [0.2, 0.25) is 0 Å². The Labute approximate surface area is 544 Å². The molecule has 96 heavy (non-hydrogen) atoms. The summed E-state index contributed by atoms with van der Waals surface area (Å²) in [5, 5.41) is 139. The number of aliphatic hydroxyl groups excluding tert-OH is 13. The van der Waals surface area contributed by atoms with E-state index in [1.54, 1.807) is 0 Å². The Kier molecular flexibility index (Phi) is 33.4. The van der Waals surface area contributed by atoms with Crippen molar-refractivity contribution in [1.82, 2.24) is 0 Å². The third-order valence-electron chi connectivity index (χ3n) is 15.9. The molecule has 6 fully saturated rings. The van der Waals surface area contributed by atoms with Crippen molar-refractivity contribution >= 4 is 52.0 Å². The van der Waals surface area contributed by atoms with Crippen molar-refractivity contribution in [3.63, 3.8) is 0 Å². The first kappa shape index (κ1) is 86.6. The number of hydrogen-bond donors (Lipinski definition) is 18. The summed E-state index contributed by atoms with van der Waals surface area (Å²) in [6.07, 6.45) is -49.7. The quantitative estimate of drug-likeness (QED) is 0.0278. The SMILES string of the molecule is CC1O[C@@H](COC[C@@H]2C(C)O[C@@H](COC[C@H]3C(O)[C@H](COC[C@H]4C(COC[C@@H]5OC(COC[C@@H]6OC(CO)[C@H](O)[C@@H](OS(=O)(=O)O)C6O)[C@H](O)[C@@H](OS(=O)(=O)O)C5O)OC(O)C(O)[C@@H]4OS(=O)(=O)O)OC(CO)[C@@H]3O)C(O)[C@H]2OS(=O)(=O)O)C(O)[C@@H](OS(=O)(=O)O)[C@@H]1O.F.FF. The molecule has 0 amide bonds. The van der Waals surface area contributed by atoms with Gasteiger partial charge < -0.3 is 118 Å². The van der Waals surface area contributed by atoms with Gasteiger partial charge in [-0.25, -0.2) is 20.9 Å². The Morgan fingerprint density at radius 3 is 0.927 bits per heavy atom. The molecule has 0 aromatic carbocycles. The summed E-state index contributed by atoms with van der Waals surface area (Å²) in [7, 11) is -26.9. The highest BCUT2D eigenvalue weighted by atomic mass is 32.3. The third-order valence-corrected chi connectivity index (χ3v) is 18.2. The maximum absolute atomic E-state index is 12.1. The summed E-state index contributed by atoms with van der Waals surface area (Å²) in [6, 6.07) is 0. The first-order chi connectivity index (χ1) is 44.0. The molecule has 6 aliphatic rings. The minimum Gasteiger partial charge on any atom is -0.394 e. The number of hydrogen-bond acceptors (Lipinski definition) is 39. The largest absolute Gasteiger partial charge is 0.397 e. The molecule has 0 bridgehead atoms. The molecular weight excluding hydrogens is 1450 g/mol. The van der Waals surface area contributed by atoms with E-state index >= 15 is 0 Å². The molecule has 6 heterocycles. The van der Waals surface area contributed by atoms with E-state index in [1.165, 1.54) is 13.8 Å². The molecular formula is C44H79F3O44S5. The monoisotopic (exact) mass is 1530 g/mol. The van der Waals surface area contributed by atoms with Crippen molar-refractivity contribution in [2.24, 2.45) is 17.8 Å². The zero-order chi connectivity index (χ0) is 71.6. The van der Waals surface area contributed by atoms with E-state index in [-0.39, 0.29) is 4.70 Å². The minimum absolute atomic E-state index is 0. The number of halogens is 3. The van der Waals surface area contributed by atoms with Crippen molar-refractivity contribution in [1.29, 1.82) is 0 Å². The summed E-state index contributed by atoms with van der Waals surface area (Å²) < 4.78 is 265. The Hall–Kier alpha value is -1.82. The lowest BCUT2D eigenvalue weighted by Gasteiger charge is -2.44. The predicted octanol–water partition coefficient (Wildman–Crippen LogP) is -11.0. The molecule has 0 saturated carbocycles. The van der Waals surface area contributed by atoms with Crippen LogP contribution in [0, 0.1) is 17.8 Å². The van der Waals surface area contributed by atoms with Gasteiger partial charge in [-0.15, -0.1) is 0 Å². The minimum atomic E-state index is -5.51. The molecule has 30 atom stereocenters. The highest BCUT2D eigenvalue weighted by Gasteiger charge is 2.54. The third kappa shape index (κ3) is 24.4. The Balaban J connectivity index is 0.00000647. The van der Waals surface area contributed by atoms with Crippen LogP contribution in [-0.2, 0) is 125 Å². The van der Waals surface area contributed by atoms with Gasteiger partial charge in [0, 0.05) is 26.9 Å². The first-order valence-corrected chi connectivity index (χ1v) is 34.8. The second kappa shape index (κ2) is 37.1. The fourth-order valence-electron chi connectivity index (χ4n) is 11.2. The second-order valence-electron chi connectivity index (χ2n) is 22.4. The lowest BCUT2D eigenvalue weighted by atomic mass is 9.86. The van der Waals surface area contributed by atoms with E-state index in [1.807, 2.05) is 0 Å². The van der Waals surface area contributed by atoms with Gasteiger partial charge in [-0.05, 0) is 13.8 Å². The summed E-state index contributed by atoms with van der Waals surface area (Å²) in [6.45, 7) is -6.86. The van der Waals surface area contributed by atoms with Crippen molar-refractivity contribution in [2.75, 3.05) is 79.3 Å². The summed E-state index contributed by atoms with van der Waals surface area (Å²) in [5.41, 5.74) is 0. The zero-order valence-electron chi connectivity index (χ0n) is 49.7. The van der Waals surface area contributed by atoms with Crippen LogP contribution in [0.1, 0.15) is 13.8 Å². The van der Waals surface area contributed by atoms with Crippen molar-refractivity contribution in [2.45, 2.75) is 179 Å². The van der Waals surface area contributed by atoms with Gasteiger partial charge in [0.1, 0.15) is 128 Å². The fraction of sp³-hybridized carbons (Fsp3) is 1.00. The molecule has 0 aromatic rings. The second-order valence-corrected chi connectivity index (χ2v) is 27.6. The molecule has 44 nitrogen and oxygen atoms in total. The fourth-order valence-corrected chi connectivity index (χ4v) is 13.8. The standard InChI is InChI=1S/C44H78O44S5.F2.FH/c1-15-17(5-73-11-25-34(52)41(86-91(64,65)66)29(47)16(2)79-25)39(84-89(58,59)60)33(51)24(78-15)10-75-7-19-30(48)20(3-45)80-23(31(19)49)9-74-6-18-22(83-44(57)38(56)40(18)85-90(61,62)63)8-76-13-27-36(54)43(88-93(70,71)72)37(55)28(82-27)14-77-12-26-35(53)42(87-92(67,68)69)32(50)21(4-46)81-26;1-2;/h15-57H,3-14H2,1-2H3,(H,58,59,60)(H,61,62,63)(H,64,65,66)(H,67,68,69)(H,70,71,72);;1H/t15?,16?,17-,18+,19-,20?,21?,22?,23+,24+,25+,26+,27+,28?,29-,30-,31?,32+,33?,34?,35?,36?,37+,38?,39+,40-,41+,42-,43+,44?;;/m1../s1. The molecule has 0 radical (unpaired) electrons. The molecule has 52 heteroatoms. The highest BCUT2D eigenvalue weighted by molar-refractivity contribution is 7.81. The van der Waals surface area contributed by atoms with Crippen LogP contribution in [0.15, 0.2) is 0 Å². The Morgan fingerprint density at radius 1 is 0.292 bits per heavy atom.